The van der Waals surface area contributed by atoms with Gasteiger partial charge in [0.2, 0.25) is 5.91 Å². The molecule has 1 aliphatic rings. The van der Waals surface area contributed by atoms with Gasteiger partial charge in [0.15, 0.2) is 11.5 Å². The fourth-order valence-corrected chi connectivity index (χ4v) is 3.84. The molecule has 1 fully saturated rings. The molecule has 0 unspecified atom stereocenters. The van der Waals surface area contributed by atoms with E-state index in [2.05, 4.69) is 10.6 Å². The van der Waals surface area contributed by atoms with Gasteiger partial charge in [0.1, 0.15) is 5.75 Å². The van der Waals surface area contributed by atoms with Crippen LogP contribution in [0.5, 0.6) is 17.2 Å². The van der Waals surface area contributed by atoms with Crippen LogP contribution in [0.1, 0.15) is 49.4 Å². The van der Waals surface area contributed by atoms with E-state index in [-0.39, 0.29) is 17.7 Å². The predicted molar refractivity (Wildman–Crippen MR) is 118 cm³/mol. The molecule has 2 amide bonds. The van der Waals surface area contributed by atoms with Crippen molar-refractivity contribution >= 4 is 11.8 Å². The Balaban J connectivity index is 1.79. The van der Waals surface area contributed by atoms with Crippen molar-refractivity contribution in [2.24, 2.45) is 11.8 Å². The summed E-state index contributed by atoms with van der Waals surface area (Å²) in [5, 5.41) is 6.01. The summed E-state index contributed by atoms with van der Waals surface area (Å²) >= 11 is 0. The molecular weight excluding hydrogens is 400 g/mol. The van der Waals surface area contributed by atoms with Gasteiger partial charge in [0, 0.05) is 44.4 Å². The first-order valence-electron chi connectivity index (χ1n) is 11.0. The molecular formula is C23H36N2O6. The summed E-state index contributed by atoms with van der Waals surface area (Å²) in [7, 11) is 4.58. The lowest BCUT2D eigenvalue weighted by molar-refractivity contribution is -0.126. The van der Waals surface area contributed by atoms with Gasteiger partial charge in [-0.25, -0.2) is 0 Å². The highest BCUT2D eigenvalue weighted by molar-refractivity contribution is 5.97. The van der Waals surface area contributed by atoms with Crippen LogP contribution < -0.4 is 24.8 Å². The molecule has 1 saturated carbocycles. The fourth-order valence-electron chi connectivity index (χ4n) is 3.84. The van der Waals surface area contributed by atoms with Crippen LogP contribution in [0.3, 0.4) is 0 Å². The quantitative estimate of drug-likeness (QED) is 0.489. The second-order valence-electron chi connectivity index (χ2n) is 7.68. The van der Waals surface area contributed by atoms with E-state index in [1.54, 1.807) is 12.1 Å². The normalized spacial score (nSPS) is 18.2. The second kappa shape index (κ2) is 13.0. The van der Waals surface area contributed by atoms with Gasteiger partial charge in [0.25, 0.3) is 5.91 Å². The summed E-state index contributed by atoms with van der Waals surface area (Å²) in [6.07, 6.45) is 4.36. The zero-order valence-corrected chi connectivity index (χ0v) is 19.1. The van der Waals surface area contributed by atoms with Crippen molar-refractivity contribution in [1.82, 2.24) is 10.6 Å². The maximum atomic E-state index is 12.7. The molecule has 174 valence electrons. The number of benzene rings is 1. The van der Waals surface area contributed by atoms with Crippen LogP contribution in [0, 0.1) is 11.8 Å². The summed E-state index contributed by atoms with van der Waals surface area (Å²) in [5.41, 5.74) is 0.403. The van der Waals surface area contributed by atoms with E-state index in [1.165, 1.54) is 21.3 Å². The van der Waals surface area contributed by atoms with Crippen LogP contribution in [-0.2, 0) is 9.53 Å². The van der Waals surface area contributed by atoms with E-state index in [4.69, 9.17) is 18.9 Å². The van der Waals surface area contributed by atoms with E-state index in [1.807, 2.05) is 6.92 Å². The van der Waals surface area contributed by atoms with E-state index < -0.39 is 0 Å². The number of carbonyl (C=O) groups excluding carboxylic acids is 2. The molecule has 0 saturated heterocycles. The summed E-state index contributed by atoms with van der Waals surface area (Å²) < 4.78 is 21.2. The van der Waals surface area contributed by atoms with Gasteiger partial charge in [-0.2, -0.15) is 0 Å². The highest BCUT2D eigenvalue weighted by Crippen LogP contribution is 2.35. The minimum atomic E-state index is -0.216. The van der Waals surface area contributed by atoms with Gasteiger partial charge in [-0.3, -0.25) is 9.59 Å². The summed E-state index contributed by atoms with van der Waals surface area (Å²) in [5.74, 6) is 1.74. The minimum Gasteiger partial charge on any atom is -0.496 e. The number of ether oxygens (including phenoxy) is 4. The van der Waals surface area contributed by atoms with Crippen LogP contribution in [0.4, 0.5) is 0 Å². The predicted octanol–water partition coefficient (Wildman–Crippen LogP) is 2.79. The molecule has 0 aliphatic heterocycles. The monoisotopic (exact) mass is 436 g/mol. The third-order valence-electron chi connectivity index (χ3n) is 5.69. The summed E-state index contributed by atoms with van der Waals surface area (Å²) in [4.78, 5) is 25.1. The zero-order valence-electron chi connectivity index (χ0n) is 19.1. The molecule has 2 rings (SSSR count). The molecule has 0 bridgehead atoms. The molecule has 1 aromatic carbocycles. The second-order valence-corrected chi connectivity index (χ2v) is 7.68. The van der Waals surface area contributed by atoms with Crippen molar-refractivity contribution < 1.29 is 28.5 Å². The summed E-state index contributed by atoms with van der Waals surface area (Å²) in [6.45, 7) is 4.56. The Bertz CT molecular complexity index is 716. The number of amides is 2. The largest absolute Gasteiger partial charge is 0.496 e. The molecule has 0 atom stereocenters. The van der Waals surface area contributed by atoms with Gasteiger partial charge in [0.05, 0.1) is 26.9 Å². The molecule has 1 aliphatic carbocycles. The Hall–Kier alpha value is -2.48. The third kappa shape index (κ3) is 7.31. The lowest BCUT2D eigenvalue weighted by Gasteiger charge is -2.28. The lowest BCUT2D eigenvalue weighted by atomic mass is 9.81. The van der Waals surface area contributed by atoms with Crippen molar-refractivity contribution in [2.45, 2.75) is 39.0 Å². The lowest BCUT2D eigenvalue weighted by Crippen LogP contribution is -2.36. The molecule has 31 heavy (non-hydrogen) atoms. The van der Waals surface area contributed by atoms with E-state index in [9.17, 15) is 9.59 Å². The Morgan fingerprint density at radius 3 is 2.19 bits per heavy atom. The van der Waals surface area contributed by atoms with Gasteiger partial charge in [-0.05, 0) is 44.9 Å². The molecule has 0 radical (unpaired) electrons. The standard InChI is InChI=1S/C23H36N2O6/c1-5-31-12-6-11-24-22(26)17-9-7-16(8-10-17)15-25-23(27)18-13-20(29-3)21(30-4)14-19(18)28-2/h13-14,16-17H,5-12,15H2,1-4H3,(H,24,26)(H,25,27). The fraction of sp³-hybridized carbons (Fsp3) is 0.652. The van der Waals surface area contributed by atoms with Crippen LogP contribution in [0.15, 0.2) is 12.1 Å². The third-order valence-corrected chi connectivity index (χ3v) is 5.69. The SMILES string of the molecule is CCOCCCNC(=O)C1CCC(CNC(=O)c2cc(OC)c(OC)cc2OC)CC1. The number of methoxy groups -OCH3 is 3. The Morgan fingerprint density at radius 2 is 1.58 bits per heavy atom. The van der Waals surface area contributed by atoms with Crippen molar-refractivity contribution in [3.8, 4) is 17.2 Å². The van der Waals surface area contributed by atoms with Crippen LogP contribution >= 0.6 is 0 Å². The highest BCUT2D eigenvalue weighted by atomic mass is 16.5. The van der Waals surface area contributed by atoms with Gasteiger partial charge < -0.3 is 29.6 Å². The van der Waals surface area contributed by atoms with Crippen LogP contribution in [0.2, 0.25) is 0 Å². The van der Waals surface area contributed by atoms with Crippen molar-refractivity contribution in [3.63, 3.8) is 0 Å². The van der Waals surface area contributed by atoms with Gasteiger partial charge >= 0.3 is 0 Å². The molecule has 2 N–H and O–H groups in total. The molecule has 0 spiro atoms. The number of hydrogen-bond donors (Lipinski definition) is 2. The van der Waals surface area contributed by atoms with E-state index in [0.717, 1.165) is 32.1 Å². The smallest absolute Gasteiger partial charge is 0.255 e. The van der Waals surface area contributed by atoms with Crippen molar-refractivity contribution in [1.29, 1.82) is 0 Å². The number of hydrogen-bond acceptors (Lipinski definition) is 6. The molecule has 0 heterocycles. The minimum absolute atomic E-state index is 0.0602. The number of rotatable bonds is 12. The average Bonchev–Trinajstić information content (AvgIpc) is 2.81. The first-order valence-corrected chi connectivity index (χ1v) is 11.0. The number of carbonyl (C=O) groups is 2. The topological polar surface area (TPSA) is 95.1 Å². The molecule has 1 aromatic rings. The zero-order chi connectivity index (χ0) is 22.6. The molecule has 0 aromatic heterocycles. The van der Waals surface area contributed by atoms with Gasteiger partial charge in [-0.15, -0.1) is 0 Å². The Morgan fingerprint density at radius 1 is 0.935 bits per heavy atom. The van der Waals surface area contributed by atoms with E-state index >= 15 is 0 Å². The highest BCUT2D eigenvalue weighted by Gasteiger charge is 2.27. The average molecular weight is 437 g/mol. The summed E-state index contributed by atoms with van der Waals surface area (Å²) in [6, 6.07) is 3.27. The maximum Gasteiger partial charge on any atom is 0.255 e. The van der Waals surface area contributed by atoms with Crippen molar-refractivity contribution in [3.05, 3.63) is 17.7 Å². The number of nitrogens with one attached hydrogen (secondary N) is 2. The maximum absolute atomic E-state index is 12.7. The first kappa shape index (κ1) is 24.8. The molecule has 8 heteroatoms. The first-order chi connectivity index (χ1) is 15.0. The Labute approximate surface area is 185 Å². The van der Waals surface area contributed by atoms with E-state index in [0.29, 0.717) is 55.0 Å². The van der Waals surface area contributed by atoms with Crippen LogP contribution in [-0.4, -0.2) is 59.4 Å². The van der Waals surface area contributed by atoms with Gasteiger partial charge in [-0.1, -0.05) is 0 Å². The Kier molecular flexibility index (Phi) is 10.4. The van der Waals surface area contributed by atoms with Crippen LogP contribution in [0.25, 0.3) is 0 Å². The van der Waals surface area contributed by atoms with Crippen molar-refractivity contribution in [2.75, 3.05) is 47.6 Å². The molecule has 8 nitrogen and oxygen atoms in total.